The molecule has 0 amide bonds. The number of hydrogen-bond donors (Lipinski definition) is 1. The van der Waals surface area contributed by atoms with E-state index >= 15 is 0 Å². The van der Waals surface area contributed by atoms with E-state index in [1.54, 1.807) is 23.5 Å². The Morgan fingerprint density at radius 1 is 1.35 bits per heavy atom. The van der Waals surface area contributed by atoms with Crippen molar-refractivity contribution in [3.05, 3.63) is 15.9 Å². The fourth-order valence-electron chi connectivity index (χ4n) is 2.71. The highest BCUT2D eigenvalue weighted by Gasteiger charge is 2.32. The van der Waals surface area contributed by atoms with Crippen LogP contribution in [0.1, 0.15) is 32.6 Å². The third-order valence-corrected chi connectivity index (χ3v) is 7.89. The van der Waals surface area contributed by atoms with Gasteiger partial charge in [-0.2, -0.15) is 4.31 Å². The second-order valence-corrected chi connectivity index (χ2v) is 9.83. The van der Waals surface area contributed by atoms with E-state index < -0.39 is 10.0 Å². The Balaban J connectivity index is 2.03. The molecule has 0 bridgehead atoms. The molecule has 1 aliphatic rings. The number of sulfonamides is 1. The molecule has 1 aromatic heterocycles. The Kier molecular flexibility index (Phi) is 5.64. The lowest BCUT2D eigenvalue weighted by Crippen LogP contribution is -2.43. The fraction of sp³-hybridized carbons (Fsp3) is 0.692. The van der Waals surface area contributed by atoms with Crippen molar-refractivity contribution < 1.29 is 8.42 Å². The van der Waals surface area contributed by atoms with Crippen LogP contribution in [0.15, 0.2) is 20.1 Å². The molecular weight excluding hydrogens is 360 g/mol. The lowest BCUT2D eigenvalue weighted by molar-refractivity contribution is 0.251. The van der Waals surface area contributed by atoms with E-state index in [9.17, 15) is 8.42 Å². The Morgan fingerprint density at radius 2 is 2.00 bits per heavy atom. The SMILES string of the molecule is CCNC1CCC(N(C)S(=O)(=O)c2ccc(Br)s2)CC1. The van der Waals surface area contributed by atoms with Crippen LogP contribution < -0.4 is 5.32 Å². The van der Waals surface area contributed by atoms with Crippen molar-refractivity contribution in [1.29, 1.82) is 0 Å². The zero-order valence-corrected chi connectivity index (χ0v) is 15.0. The van der Waals surface area contributed by atoms with E-state index in [0.29, 0.717) is 10.3 Å². The first-order valence-electron chi connectivity index (χ1n) is 6.92. The average molecular weight is 381 g/mol. The van der Waals surface area contributed by atoms with Crippen LogP contribution in [0.25, 0.3) is 0 Å². The fourth-order valence-corrected chi connectivity index (χ4v) is 6.32. The predicted octanol–water partition coefficient (Wildman–Crippen LogP) is 3.05. The predicted molar refractivity (Wildman–Crippen MR) is 86.7 cm³/mol. The Hall–Kier alpha value is 0.0500. The van der Waals surface area contributed by atoms with Crippen LogP contribution in [-0.4, -0.2) is 38.4 Å². The topological polar surface area (TPSA) is 49.4 Å². The van der Waals surface area contributed by atoms with Gasteiger partial charge in [-0.25, -0.2) is 8.42 Å². The summed E-state index contributed by atoms with van der Waals surface area (Å²) < 4.78 is 27.9. The third kappa shape index (κ3) is 3.62. The van der Waals surface area contributed by atoms with Gasteiger partial charge in [0, 0.05) is 19.1 Å². The first-order valence-corrected chi connectivity index (χ1v) is 9.97. The molecule has 0 spiro atoms. The molecule has 1 N–H and O–H groups in total. The summed E-state index contributed by atoms with van der Waals surface area (Å²) in [4.78, 5) is 0. The molecule has 1 fully saturated rings. The molecule has 114 valence electrons. The quantitative estimate of drug-likeness (QED) is 0.853. The van der Waals surface area contributed by atoms with Crippen LogP contribution in [0.5, 0.6) is 0 Å². The van der Waals surface area contributed by atoms with Crippen LogP contribution in [-0.2, 0) is 10.0 Å². The van der Waals surface area contributed by atoms with Gasteiger partial charge < -0.3 is 5.32 Å². The summed E-state index contributed by atoms with van der Waals surface area (Å²) in [6, 6.07) is 4.12. The summed E-state index contributed by atoms with van der Waals surface area (Å²) in [5.74, 6) is 0. The van der Waals surface area contributed by atoms with E-state index in [4.69, 9.17) is 0 Å². The minimum atomic E-state index is -3.35. The van der Waals surface area contributed by atoms with Crippen LogP contribution in [0.3, 0.4) is 0 Å². The Labute approximate surface area is 133 Å². The number of nitrogens with zero attached hydrogens (tertiary/aromatic N) is 1. The highest BCUT2D eigenvalue weighted by Crippen LogP contribution is 2.31. The molecule has 0 unspecified atom stereocenters. The van der Waals surface area contributed by atoms with E-state index in [-0.39, 0.29) is 6.04 Å². The van der Waals surface area contributed by atoms with E-state index in [2.05, 4.69) is 28.2 Å². The normalized spacial score (nSPS) is 24.2. The lowest BCUT2D eigenvalue weighted by atomic mass is 9.91. The molecule has 20 heavy (non-hydrogen) atoms. The van der Waals surface area contributed by atoms with Gasteiger partial charge in [0.15, 0.2) is 0 Å². The van der Waals surface area contributed by atoms with Gasteiger partial charge in [-0.3, -0.25) is 0 Å². The summed E-state index contributed by atoms with van der Waals surface area (Å²) in [6.45, 7) is 3.09. The van der Waals surface area contributed by atoms with Crippen molar-refractivity contribution in [3.8, 4) is 0 Å². The number of thiophene rings is 1. The summed E-state index contributed by atoms with van der Waals surface area (Å²) in [5, 5.41) is 3.45. The van der Waals surface area contributed by atoms with E-state index in [1.165, 1.54) is 11.3 Å². The maximum absolute atomic E-state index is 12.6. The summed E-state index contributed by atoms with van der Waals surface area (Å²) in [7, 11) is -1.64. The number of hydrogen-bond acceptors (Lipinski definition) is 4. The number of nitrogens with one attached hydrogen (secondary N) is 1. The molecule has 2 rings (SSSR count). The molecule has 0 atom stereocenters. The minimum absolute atomic E-state index is 0.121. The smallest absolute Gasteiger partial charge is 0.252 e. The molecule has 0 aromatic carbocycles. The molecule has 4 nitrogen and oxygen atoms in total. The highest BCUT2D eigenvalue weighted by atomic mass is 79.9. The van der Waals surface area contributed by atoms with Crippen LogP contribution in [0.4, 0.5) is 0 Å². The van der Waals surface area contributed by atoms with Crippen molar-refractivity contribution in [2.75, 3.05) is 13.6 Å². The van der Waals surface area contributed by atoms with E-state index in [1.807, 2.05) is 0 Å². The molecule has 1 saturated carbocycles. The molecule has 1 heterocycles. The van der Waals surface area contributed by atoms with Gasteiger partial charge >= 0.3 is 0 Å². The van der Waals surface area contributed by atoms with Crippen LogP contribution in [0.2, 0.25) is 0 Å². The average Bonchev–Trinajstić information content (AvgIpc) is 2.86. The van der Waals surface area contributed by atoms with Gasteiger partial charge in [0.2, 0.25) is 0 Å². The largest absolute Gasteiger partial charge is 0.314 e. The van der Waals surface area contributed by atoms with Gasteiger partial charge in [0.25, 0.3) is 10.0 Å². The van der Waals surface area contributed by atoms with Gasteiger partial charge in [-0.1, -0.05) is 6.92 Å². The molecule has 1 aromatic rings. The highest BCUT2D eigenvalue weighted by molar-refractivity contribution is 9.11. The summed E-state index contributed by atoms with van der Waals surface area (Å²) in [6.07, 6.45) is 3.96. The van der Waals surface area contributed by atoms with Crippen molar-refractivity contribution in [1.82, 2.24) is 9.62 Å². The van der Waals surface area contributed by atoms with Crippen LogP contribution in [0, 0.1) is 0 Å². The molecule has 1 aliphatic carbocycles. The molecule has 0 saturated heterocycles. The molecular formula is C13H21BrN2O2S2. The van der Waals surface area contributed by atoms with Gasteiger partial charge in [-0.15, -0.1) is 11.3 Å². The second kappa shape index (κ2) is 6.87. The molecule has 0 aliphatic heterocycles. The Morgan fingerprint density at radius 3 is 2.50 bits per heavy atom. The van der Waals surface area contributed by atoms with Crippen LogP contribution >= 0.6 is 27.3 Å². The standard InChI is InChI=1S/C13H21BrN2O2S2/c1-3-15-10-4-6-11(7-5-10)16(2)20(17,18)13-9-8-12(14)19-13/h8-11,15H,3-7H2,1-2H3. The monoisotopic (exact) mass is 380 g/mol. The number of halogens is 1. The zero-order chi connectivity index (χ0) is 14.8. The Bertz CT molecular complexity index is 536. The first-order chi connectivity index (χ1) is 9.45. The third-order valence-electron chi connectivity index (χ3n) is 3.89. The van der Waals surface area contributed by atoms with E-state index in [0.717, 1.165) is 36.0 Å². The van der Waals surface area contributed by atoms with Crippen molar-refractivity contribution in [2.45, 2.75) is 48.9 Å². The maximum atomic E-state index is 12.6. The van der Waals surface area contributed by atoms with Gasteiger partial charge in [-0.05, 0) is 60.3 Å². The second-order valence-electron chi connectivity index (χ2n) is 5.14. The molecule has 7 heteroatoms. The van der Waals surface area contributed by atoms with Crippen molar-refractivity contribution in [2.24, 2.45) is 0 Å². The minimum Gasteiger partial charge on any atom is -0.314 e. The lowest BCUT2D eigenvalue weighted by Gasteiger charge is -2.34. The summed E-state index contributed by atoms with van der Waals surface area (Å²) >= 11 is 4.59. The first kappa shape index (κ1) is 16.4. The summed E-state index contributed by atoms with van der Waals surface area (Å²) in [5.41, 5.74) is 0. The number of rotatable bonds is 5. The van der Waals surface area contributed by atoms with Crippen molar-refractivity contribution in [3.63, 3.8) is 0 Å². The van der Waals surface area contributed by atoms with Crippen molar-refractivity contribution >= 4 is 37.3 Å². The van der Waals surface area contributed by atoms with Gasteiger partial charge in [0.1, 0.15) is 4.21 Å². The zero-order valence-electron chi connectivity index (χ0n) is 11.8. The van der Waals surface area contributed by atoms with Gasteiger partial charge in [0.05, 0.1) is 3.79 Å². The maximum Gasteiger partial charge on any atom is 0.252 e. The molecule has 0 radical (unpaired) electrons.